The van der Waals surface area contributed by atoms with Gasteiger partial charge >= 0.3 is 0 Å². The Bertz CT molecular complexity index is 440. The minimum absolute atomic E-state index is 0.716. The standard InChI is InChI=1S/C14H23N3O/c1-9-12(14(18-3)17(2)16-9)8-15-13-7-10-4-5-11(13)6-10/h10-11,13,15H,4-8H2,1-3H3. The largest absolute Gasteiger partial charge is 0.481 e. The normalized spacial score (nSPS) is 30.1. The molecule has 100 valence electrons. The van der Waals surface area contributed by atoms with Crippen LogP contribution in [-0.4, -0.2) is 22.9 Å². The molecule has 2 aliphatic carbocycles. The van der Waals surface area contributed by atoms with Gasteiger partial charge in [0.05, 0.1) is 18.4 Å². The molecule has 2 fully saturated rings. The van der Waals surface area contributed by atoms with Gasteiger partial charge in [-0.15, -0.1) is 0 Å². The van der Waals surface area contributed by atoms with E-state index in [2.05, 4.69) is 17.3 Å². The Balaban J connectivity index is 1.66. The molecule has 4 nitrogen and oxygen atoms in total. The molecule has 3 rings (SSSR count). The molecule has 0 aromatic carbocycles. The van der Waals surface area contributed by atoms with E-state index in [4.69, 9.17) is 4.74 Å². The van der Waals surface area contributed by atoms with Crippen molar-refractivity contribution >= 4 is 0 Å². The smallest absolute Gasteiger partial charge is 0.216 e. The maximum atomic E-state index is 5.43. The van der Waals surface area contributed by atoms with Crippen LogP contribution in [0.4, 0.5) is 0 Å². The summed E-state index contributed by atoms with van der Waals surface area (Å²) in [6, 6.07) is 0.716. The van der Waals surface area contributed by atoms with Gasteiger partial charge in [0, 0.05) is 19.6 Å². The number of aryl methyl sites for hydroxylation is 2. The number of aromatic nitrogens is 2. The van der Waals surface area contributed by atoms with Crippen LogP contribution >= 0.6 is 0 Å². The van der Waals surface area contributed by atoms with Gasteiger partial charge in [-0.25, -0.2) is 4.68 Å². The highest BCUT2D eigenvalue weighted by molar-refractivity contribution is 5.30. The van der Waals surface area contributed by atoms with E-state index in [-0.39, 0.29) is 0 Å². The summed E-state index contributed by atoms with van der Waals surface area (Å²) >= 11 is 0. The average Bonchev–Trinajstić information content (AvgIpc) is 3.01. The highest BCUT2D eigenvalue weighted by Crippen LogP contribution is 2.44. The van der Waals surface area contributed by atoms with Crippen molar-refractivity contribution in [2.45, 2.75) is 45.2 Å². The summed E-state index contributed by atoms with van der Waals surface area (Å²) < 4.78 is 7.26. The molecule has 1 aromatic rings. The number of rotatable bonds is 4. The number of hydrogen-bond acceptors (Lipinski definition) is 3. The minimum atomic E-state index is 0.716. The van der Waals surface area contributed by atoms with Crippen LogP contribution in [0.25, 0.3) is 0 Å². The molecule has 1 aromatic heterocycles. The van der Waals surface area contributed by atoms with E-state index < -0.39 is 0 Å². The fourth-order valence-electron chi connectivity index (χ4n) is 3.87. The molecule has 3 unspecified atom stereocenters. The minimum Gasteiger partial charge on any atom is -0.481 e. The molecule has 2 aliphatic rings. The van der Waals surface area contributed by atoms with E-state index in [1.54, 1.807) is 7.11 Å². The molecule has 2 bridgehead atoms. The lowest BCUT2D eigenvalue weighted by molar-refractivity contribution is 0.341. The van der Waals surface area contributed by atoms with Crippen LogP contribution in [0.5, 0.6) is 5.88 Å². The van der Waals surface area contributed by atoms with Crippen LogP contribution in [0.15, 0.2) is 0 Å². The van der Waals surface area contributed by atoms with Gasteiger partial charge in [-0.1, -0.05) is 6.42 Å². The first-order valence-corrected chi connectivity index (χ1v) is 6.99. The van der Waals surface area contributed by atoms with Crippen molar-refractivity contribution in [3.63, 3.8) is 0 Å². The highest BCUT2D eigenvalue weighted by atomic mass is 16.5. The molecule has 1 heterocycles. The molecule has 0 saturated heterocycles. The van der Waals surface area contributed by atoms with Gasteiger partial charge in [0.2, 0.25) is 5.88 Å². The third-order valence-corrected chi connectivity index (χ3v) is 4.76. The Morgan fingerprint density at radius 3 is 2.83 bits per heavy atom. The molecule has 0 amide bonds. The Morgan fingerprint density at radius 1 is 1.39 bits per heavy atom. The highest BCUT2D eigenvalue weighted by Gasteiger charge is 2.39. The maximum absolute atomic E-state index is 5.43. The first-order valence-electron chi connectivity index (χ1n) is 6.99. The number of nitrogens with zero attached hydrogens (tertiary/aromatic N) is 2. The molecule has 1 N–H and O–H groups in total. The molecular formula is C14H23N3O. The van der Waals surface area contributed by atoms with Crippen molar-refractivity contribution in [1.82, 2.24) is 15.1 Å². The summed E-state index contributed by atoms with van der Waals surface area (Å²) in [7, 11) is 3.66. The summed E-state index contributed by atoms with van der Waals surface area (Å²) in [5.74, 6) is 2.80. The Morgan fingerprint density at radius 2 is 2.22 bits per heavy atom. The maximum Gasteiger partial charge on any atom is 0.216 e. The third-order valence-electron chi connectivity index (χ3n) is 4.76. The summed E-state index contributed by atoms with van der Waals surface area (Å²) in [6.07, 6.45) is 5.69. The van der Waals surface area contributed by atoms with Crippen LogP contribution in [0.1, 0.15) is 36.9 Å². The quantitative estimate of drug-likeness (QED) is 0.887. The average molecular weight is 249 g/mol. The molecule has 2 saturated carbocycles. The molecular weight excluding hydrogens is 226 g/mol. The zero-order chi connectivity index (χ0) is 12.7. The van der Waals surface area contributed by atoms with E-state index >= 15 is 0 Å². The van der Waals surface area contributed by atoms with Gasteiger partial charge in [-0.2, -0.15) is 5.10 Å². The second-order valence-corrected chi connectivity index (χ2v) is 5.86. The fourth-order valence-corrected chi connectivity index (χ4v) is 3.87. The van der Waals surface area contributed by atoms with E-state index in [1.165, 1.54) is 31.2 Å². The first kappa shape index (κ1) is 12.0. The van der Waals surface area contributed by atoms with Gasteiger partial charge in [0.1, 0.15) is 0 Å². The van der Waals surface area contributed by atoms with Crippen LogP contribution in [0, 0.1) is 18.8 Å². The summed E-state index contributed by atoms with van der Waals surface area (Å²) in [4.78, 5) is 0. The van der Waals surface area contributed by atoms with Crippen molar-refractivity contribution in [3.8, 4) is 5.88 Å². The third kappa shape index (κ3) is 1.92. The van der Waals surface area contributed by atoms with Crippen molar-refractivity contribution in [3.05, 3.63) is 11.3 Å². The lowest BCUT2D eigenvalue weighted by Crippen LogP contribution is -2.33. The number of hydrogen-bond donors (Lipinski definition) is 1. The fraction of sp³-hybridized carbons (Fsp3) is 0.786. The van der Waals surface area contributed by atoms with Crippen LogP contribution < -0.4 is 10.1 Å². The zero-order valence-electron chi connectivity index (χ0n) is 11.6. The van der Waals surface area contributed by atoms with Gasteiger partial charge in [0.25, 0.3) is 0 Å². The van der Waals surface area contributed by atoms with E-state index in [9.17, 15) is 0 Å². The van der Waals surface area contributed by atoms with Gasteiger partial charge in [-0.05, 0) is 38.0 Å². The topological polar surface area (TPSA) is 39.1 Å². The lowest BCUT2D eigenvalue weighted by atomic mass is 9.95. The number of ether oxygens (including phenoxy) is 1. The van der Waals surface area contributed by atoms with E-state index in [0.29, 0.717) is 6.04 Å². The second-order valence-electron chi connectivity index (χ2n) is 5.86. The van der Waals surface area contributed by atoms with Crippen molar-refractivity contribution < 1.29 is 4.74 Å². The summed E-state index contributed by atoms with van der Waals surface area (Å²) in [5.41, 5.74) is 2.28. The lowest BCUT2D eigenvalue weighted by Gasteiger charge is -2.23. The van der Waals surface area contributed by atoms with Gasteiger partial charge in [-0.3, -0.25) is 0 Å². The van der Waals surface area contributed by atoms with Gasteiger partial charge < -0.3 is 10.1 Å². The molecule has 3 atom stereocenters. The predicted octanol–water partition coefficient (Wildman–Crippen LogP) is 2.02. The van der Waals surface area contributed by atoms with Crippen molar-refractivity contribution in [1.29, 1.82) is 0 Å². The van der Waals surface area contributed by atoms with Crippen LogP contribution in [-0.2, 0) is 13.6 Å². The van der Waals surface area contributed by atoms with E-state index in [0.717, 1.165) is 30.0 Å². The Kier molecular flexibility index (Phi) is 3.06. The predicted molar refractivity (Wildman–Crippen MR) is 70.6 cm³/mol. The first-order chi connectivity index (χ1) is 8.69. The van der Waals surface area contributed by atoms with Crippen LogP contribution in [0.2, 0.25) is 0 Å². The molecule has 4 heteroatoms. The SMILES string of the molecule is COc1c(CNC2CC3CCC2C3)c(C)nn1C. The van der Waals surface area contributed by atoms with Crippen molar-refractivity contribution in [2.75, 3.05) is 7.11 Å². The van der Waals surface area contributed by atoms with Crippen molar-refractivity contribution in [2.24, 2.45) is 18.9 Å². The number of fused-ring (bicyclic) bond motifs is 2. The zero-order valence-corrected chi connectivity index (χ0v) is 11.6. The monoisotopic (exact) mass is 249 g/mol. The molecule has 0 spiro atoms. The summed E-state index contributed by atoms with van der Waals surface area (Å²) in [5, 5.41) is 8.15. The number of nitrogens with one attached hydrogen (secondary N) is 1. The molecule has 18 heavy (non-hydrogen) atoms. The Labute approximate surface area is 109 Å². The van der Waals surface area contributed by atoms with Crippen LogP contribution in [0.3, 0.4) is 0 Å². The number of methoxy groups -OCH3 is 1. The van der Waals surface area contributed by atoms with E-state index in [1.807, 2.05) is 11.7 Å². The molecule has 0 aliphatic heterocycles. The Hall–Kier alpha value is -1.03. The second kappa shape index (κ2) is 4.57. The molecule has 0 radical (unpaired) electrons. The van der Waals surface area contributed by atoms with Gasteiger partial charge in [0.15, 0.2) is 0 Å². The summed E-state index contributed by atoms with van der Waals surface area (Å²) in [6.45, 7) is 2.94.